The lowest BCUT2D eigenvalue weighted by Crippen LogP contribution is -2.36. The molecule has 0 spiro atoms. The number of carboxylic acid groups (broad SMARTS) is 1. The summed E-state index contributed by atoms with van der Waals surface area (Å²) in [6.45, 7) is 1.34. The van der Waals surface area contributed by atoms with Gasteiger partial charge in [0.05, 0.1) is 16.3 Å². The first-order chi connectivity index (χ1) is 9.16. The summed E-state index contributed by atoms with van der Waals surface area (Å²) in [6, 6.07) is 0. The third-order valence-corrected chi connectivity index (χ3v) is 3.84. The van der Waals surface area contributed by atoms with E-state index >= 15 is 0 Å². The highest BCUT2D eigenvalue weighted by Gasteiger charge is 2.26. The van der Waals surface area contributed by atoms with Crippen LogP contribution in [0.4, 0.5) is 5.82 Å². The molecule has 1 aliphatic rings. The number of piperidine rings is 1. The molecule has 3 rings (SSSR count). The van der Waals surface area contributed by atoms with Crippen molar-refractivity contribution in [2.24, 2.45) is 5.92 Å². The molecule has 0 unspecified atom stereocenters. The van der Waals surface area contributed by atoms with Crippen LogP contribution in [0.3, 0.4) is 0 Å². The molecule has 1 saturated heterocycles. The Morgan fingerprint density at radius 2 is 2.16 bits per heavy atom. The van der Waals surface area contributed by atoms with E-state index in [0.29, 0.717) is 36.6 Å². The van der Waals surface area contributed by atoms with Crippen LogP contribution in [0, 0.1) is 5.92 Å². The van der Waals surface area contributed by atoms with Crippen LogP contribution in [-0.2, 0) is 4.79 Å². The molecule has 19 heavy (non-hydrogen) atoms. The highest BCUT2D eigenvalue weighted by molar-refractivity contribution is 6.36. The second-order valence-corrected chi connectivity index (χ2v) is 5.06. The van der Waals surface area contributed by atoms with Gasteiger partial charge in [-0.3, -0.25) is 4.79 Å². The molecule has 0 bridgehead atoms. The van der Waals surface area contributed by atoms with Gasteiger partial charge in [0, 0.05) is 19.3 Å². The number of aromatic amines is 1. The predicted molar refractivity (Wildman–Crippen MR) is 71.5 cm³/mol. The van der Waals surface area contributed by atoms with Gasteiger partial charge in [0.1, 0.15) is 17.8 Å². The van der Waals surface area contributed by atoms with Crippen molar-refractivity contribution in [1.82, 2.24) is 15.0 Å². The number of rotatable bonds is 2. The van der Waals surface area contributed by atoms with Crippen LogP contribution >= 0.6 is 11.6 Å². The molecule has 2 N–H and O–H groups in total. The second-order valence-electron chi connectivity index (χ2n) is 4.66. The van der Waals surface area contributed by atoms with E-state index in [1.54, 1.807) is 6.20 Å². The second kappa shape index (κ2) is 4.70. The number of fused-ring (bicyclic) bond motifs is 1. The lowest BCUT2D eigenvalue weighted by Gasteiger charge is -2.31. The minimum absolute atomic E-state index is 0.254. The standard InChI is InChI=1S/C12H13ClN4O2/c13-8-5-14-10-9(8)11(16-6-15-10)17-3-1-7(2-4-17)12(18)19/h5-7H,1-4H2,(H,18,19)(H,14,15,16). The van der Waals surface area contributed by atoms with Crippen LogP contribution in [-0.4, -0.2) is 39.1 Å². The van der Waals surface area contributed by atoms with E-state index in [9.17, 15) is 4.79 Å². The molecule has 2 aromatic heterocycles. The number of aromatic nitrogens is 3. The SMILES string of the molecule is O=C(O)C1CCN(c2ncnc3[nH]cc(Cl)c23)CC1. The molecule has 0 radical (unpaired) electrons. The smallest absolute Gasteiger partial charge is 0.306 e. The van der Waals surface area contributed by atoms with Crippen molar-refractivity contribution < 1.29 is 9.90 Å². The normalized spacial score (nSPS) is 17.0. The minimum atomic E-state index is -0.716. The molecular weight excluding hydrogens is 268 g/mol. The number of H-pyrrole nitrogens is 1. The molecule has 0 aliphatic carbocycles. The Bertz CT molecular complexity index is 619. The molecule has 0 saturated carbocycles. The first-order valence-electron chi connectivity index (χ1n) is 6.12. The Labute approximate surface area is 114 Å². The molecule has 2 aromatic rings. The lowest BCUT2D eigenvalue weighted by molar-refractivity contribution is -0.142. The maximum absolute atomic E-state index is 11.0. The predicted octanol–water partition coefficient (Wildman–Crippen LogP) is 1.91. The van der Waals surface area contributed by atoms with E-state index in [1.165, 1.54) is 6.33 Å². The summed E-state index contributed by atoms with van der Waals surface area (Å²) in [6.07, 6.45) is 4.44. The summed E-state index contributed by atoms with van der Waals surface area (Å²) in [5, 5.41) is 10.4. The molecule has 7 heteroatoms. The fourth-order valence-corrected chi connectivity index (χ4v) is 2.72. The zero-order valence-electron chi connectivity index (χ0n) is 10.1. The van der Waals surface area contributed by atoms with Crippen molar-refractivity contribution in [3.8, 4) is 0 Å². The van der Waals surface area contributed by atoms with Crippen LogP contribution in [0.15, 0.2) is 12.5 Å². The van der Waals surface area contributed by atoms with Gasteiger partial charge >= 0.3 is 5.97 Å². The molecule has 1 aliphatic heterocycles. The fraction of sp³-hybridized carbons (Fsp3) is 0.417. The van der Waals surface area contributed by atoms with Crippen molar-refractivity contribution in [3.05, 3.63) is 17.5 Å². The Morgan fingerprint density at radius 1 is 1.42 bits per heavy atom. The average molecular weight is 281 g/mol. The van der Waals surface area contributed by atoms with Crippen molar-refractivity contribution in [3.63, 3.8) is 0 Å². The van der Waals surface area contributed by atoms with Gasteiger partial charge in [-0.1, -0.05) is 11.6 Å². The van der Waals surface area contributed by atoms with Gasteiger partial charge in [0.25, 0.3) is 0 Å². The van der Waals surface area contributed by atoms with E-state index in [-0.39, 0.29) is 5.92 Å². The molecular formula is C12H13ClN4O2. The van der Waals surface area contributed by atoms with Crippen molar-refractivity contribution in [2.75, 3.05) is 18.0 Å². The molecule has 0 aromatic carbocycles. The van der Waals surface area contributed by atoms with Crippen LogP contribution < -0.4 is 4.90 Å². The first-order valence-corrected chi connectivity index (χ1v) is 6.50. The summed E-state index contributed by atoms with van der Waals surface area (Å²) in [5.74, 6) is -0.192. The van der Waals surface area contributed by atoms with E-state index in [0.717, 1.165) is 11.2 Å². The summed E-state index contributed by atoms with van der Waals surface area (Å²) < 4.78 is 0. The van der Waals surface area contributed by atoms with Gasteiger partial charge in [-0.15, -0.1) is 0 Å². The van der Waals surface area contributed by atoms with Gasteiger partial charge in [0.2, 0.25) is 0 Å². The largest absolute Gasteiger partial charge is 0.481 e. The third kappa shape index (κ3) is 2.12. The van der Waals surface area contributed by atoms with E-state index in [1.807, 2.05) is 0 Å². The summed E-state index contributed by atoms with van der Waals surface area (Å²) in [7, 11) is 0. The van der Waals surface area contributed by atoms with Gasteiger partial charge in [-0.05, 0) is 12.8 Å². The molecule has 0 atom stereocenters. The third-order valence-electron chi connectivity index (χ3n) is 3.55. The van der Waals surface area contributed by atoms with Crippen molar-refractivity contribution >= 4 is 34.4 Å². The maximum atomic E-state index is 11.0. The Hall–Kier alpha value is -1.82. The number of nitrogens with zero attached hydrogens (tertiary/aromatic N) is 3. The number of carbonyl (C=O) groups is 1. The minimum Gasteiger partial charge on any atom is -0.481 e. The number of hydrogen-bond donors (Lipinski definition) is 2. The fourth-order valence-electron chi connectivity index (χ4n) is 2.49. The molecule has 100 valence electrons. The molecule has 3 heterocycles. The van der Waals surface area contributed by atoms with E-state index < -0.39 is 5.97 Å². The number of carboxylic acids is 1. The number of nitrogens with one attached hydrogen (secondary N) is 1. The molecule has 6 nitrogen and oxygen atoms in total. The van der Waals surface area contributed by atoms with Crippen LogP contribution in [0.25, 0.3) is 11.0 Å². The number of anilines is 1. The average Bonchev–Trinajstić information content (AvgIpc) is 2.81. The van der Waals surface area contributed by atoms with Crippen LogP contribution in [0.1, 0.15) is 12.8 Å². The van der Waals surface area contributed by atoms with Crippen molar-refractivity contribution in [2.45, 2.75) is 12.8 Å². The van der Waals surface area contributed by atoms with E-state index in [2.05, 4.69) is 19.9 Å². The summed E-state index contributed by atoms with van der Waals surface area (Å²) >= 11 is 6.14. The van der Waals surface area contributed by atoms with Gasteiger partial charge in [-0.25, -0.2) is 9.97 Å². The Morgan fingerprint density at radius 3 is 2.84 bits per heavy atom. The highest BCUT2D eigenvalue weighted by atomic mass is 35.5. The summed E-state index contributed by atoms with van der Waals surface area (Å²) in [4.78, 5) is 24.4. The maximum Gasteiger partial charge on any atom is 0.306 e. The Kier molecular flexibility index (Phi) is 3.02. The zero-order valence-corrected chi connectivity index (χ0v) is 10.9. The van der Waals surface area contributed by atoms with Gasteiger partial charge in [0.15, 0.2) is 0 Å². The monoisotopic (exact) mass is 280 g/mol. The van der Waals surface area contributed by atoms with Gasteiger partial charge < -0.3 is 15.0 Å². The first kappa shape index (κ1) is 12.2. The van der Waals surface area contributed by atoms with Crippen LogP contribution in [0.5, 0.6) is 0 Å². The zero-order chi connectivity index (χ0) is 13.4. The summed E-state index contributed by atoms with van der Waals surface area (Å²) in [5.41, 5.74) is 0.704. The Balaban J connectivity index is 1.90. The number of halogens is 1. The number of aliphatic carboxylic acids is 1. The highest BCUT2D eigenvalue weighted by Crippen LogP contribution is 2.31. The van der Waals surface area contributed by atoms with E-state index in [4.69, 9.17) is 16.7 Å². The lowest BCUT2D eigenvalue weighted by atomic mass is 9.97. The number of hydrogen-bond acceptors (Lipinski definition) is 4. The van der Waals surface area contributed by atoms with Crippen LogP contribution in [0.2, 0.25) is 5.02 Å². The molecule has 0 amide bonds. The quantitative estimate of drug-likeness (QED) is 0.878. The van der Waals surface area contributed by atoms with Crippen molar-refractivity contribution in [1.29, 1.82) is 0 Å². The molecule has 1 fully saturated rings. The van der Waals surface area contributed by atoms with Gasteiger partial charge in [-0.2, -0.15) is 0 Å². The topological polar surface area (TPSA) is 82.1 Å².